The molecule has 1 aliphatic carbocycles. The summed E-state index contributed by atoms with van der Waals surface area (Å²) in [7, 11) is 0. The van der Waals surface area contributed by atoms with Gasteiger partial charge in [0, 0.05) is 24.9 Å². The van der Waals surface area contributed by atoms with Crippen molar-refractivity contribution in [2.24, 2.45) is 5.92 Å². The van der Waals surface area contributed by atoms with Crippen molar-refractivity contribution >= 4 is 5.69 Å². The highest BCUT2D eigenvalue weighted by molar-refractivity contribution is 5.48. The van der Waals surface area contributed by atoms with E-state index in [1.807, 2.05) is 0 Å². The maximum atomic E-state index is 12.1. The number of rotatable bonds is 8. The molecular weight excluding hydrogens is 287 g/mol. The summed E-state index contributed by atoms with van der Waals surface area (Å²) in [5, 5.41) is 12.5. The maximum absolute atomic E-state index is 12.1. The fourth-order valence-electron chi connectivity index (χ4n) is 1.75. The van der Waals surface area contributed by atoms with Crippen LogP contribution in [0.5, 0.6) is 5.75 Å². The van der Waals surface area contributed by atoms with E-state index in [2.05, 4.69) is 10.1 Å². The zero-order valence-electron chi connectivity index (χ0n) is 11.4. The Hall–Kier alpha value is -1.47. The quantitative estimate of drug-likeness (QED) is 0.775. The van der Waals surface area contributed by atoms with Crippen molar-refractivity contribution in [1.29, 1.82) is 0 Å². The van der Waals surface area contributed by atoms with Gasteiger partial charge in [-0.1, -0.05) is 6.07 Å². The Bertz CT molecular complexity index is 449. The molecule has 2 N–H and O–H groups in total. The normalized spacial score (nSPS) is 16.6. The van der Waals surface area contributed by atoms with Crippen LogP contribution in [-0.4, -0.2) is 37.3 Å². The summed E-state index contributed by atoms with van der Waals surface area (Å²) in [5.41, 5.74) is 0.443. The van der Waals surface area contributed by atoms with Crippen molar-refractivity contribution in [3.8, 4) is 5.75 Å². The molecule has 118 valence electrons. The number of hydrogen-bond acceptors (Lipinski definition) is 4. The average molecular weight is 305 g/mol. The first-order valence-electron chi connectivity index (χ1n) is 6.78. The van der Waals surface area contributed by atoms with E-state index in [0.29, 0.717) is 18.2 Å². The van der Waals surface area contributed by atoms with Crippen LogP contribution < -0.4 is 10.1 Å². The first-order valence-corrected chi connectivity index (χ1v) is 6.78. The molecule has 0 saturated heterocycles. The second-order valence-electron chi connectivity index (χ2n) is 5.09. The summed E-state index contributed by atoms with van der Waals surface area (Å²) < 4.78 is 45.4. The Morgan fingerprint density at radius 2 is 2.10 bits per heavy atom. The van der Waals surface area contributed by atoms with Crippen LogP contribution >= 0.6 is 0 Å². The third kappa shape index (κ3) is 6.68. The molecule has 1 aliphatic rings. The molecule has 1 atom stereocenters. The SMILES string of the molecule is OC(CNc1cccc(OC(F)(F)F)c1)COCC1CC1. The molecule has 1 aromatic rings. The summed E-state index contributed by atoms with van der Waals surface area (Å²) in [4.78, 5) is 0. The molecule has 0 spiro atoms. The molecule has 1 saturated carbocycles. The molecule has 1 unspecified atom stereocenters. The summed E-state index contributed by atoms with van der Waals surface area (Å²) in [6.07, 6.45) is -3.06. The molecular formula is C14H18F3NO3. The smallest absolute Gasteiger partial charge is 0.406 e. The van der Waals surface area contributed by atoms with Crippen LogP contribution in [0.2, 0.25) is 0 Å². The van der Waals surface area contributed by atoms with Gasteiger partial charge in [-0.25, -0.2) is 0 Å². The predicted molar refractivity (Wildman–Crippen MR) is 71.2 cm³/mol. The molecule has 0 aliphatic heterocycles. The van der Waals surface area contributed by atoms with E-state index in [0.717, 1.165) is 0 Å². The van der Waals surface area contributed by atoms with E-state index in [-0.39, 0.29) is 18.9 Å². The van der Waals surface area contributed by atoms with Gasteiger partial charge in [0.15, 0.2) is 0 Å². The number of halogens is 3. The second kappa shape index (κ2) is 7.00. The van der Waals surface area contributed by atoms with E-state index in [9.17, 15) is 18.3 Å². The van der Waals surface area contributed by atoms with Gasteiger partial charge in [0.05, 0.1) is 12.7 Å². The van der Waals surface area contributed by atoms with Crippen LogP contribution in [-0.2, 0) is 4.74 Å². The number of ether oxygens (including phenoxy) is 2. The van der Waals surface area contributed by atoms with Crippen LogP contribution in [0.3, 0.4) is 0 Å². The van der Waals surface area contributed by atoms with Gasteiger partial charge in [-0.15, -0.1) is 13.2 Å². The third-order valence-electron chi connectivity index (χ3n) is 2.97. The van der Waals surface area contributed by atoms with E-state index >= 15 is 0 Å². The summed E-state index contributed by atoms with van der Waals surface area (Å²) in [6.45, 7) is 1.06. The molecule has 7 heteroatoms. The lowest BCUT2D eigenvalue weighted by Gasteiger charge is -2.14. The lowest BCUT2D eigenvalue weighted by molar-refractivity contribution is -0.274. The second-order valence-corrected chi connectivity index (χ2v) is 5.09. The van der Waals surface area contributed by atoms with Gasteiger partial charge in [0.25, 0.3) is 0 Å². The summed E-state index contributed by atoms with van der Waals surface area (Å²) in [6, 6.07) is 5.49. The highest BCUT2D eigenvalue weighted by Crippen LogP contribution is 2.28. The summed E-state index contributed by atoms with van der Waals surface area (Å²) in [5.74, 6) is 0.327. The Morgan fingerprint density at radius 3 is 2.76 bits per heavy atom. The van der Waals surface area contributed by atoms with Crippen molar-refractivity contribution in [3.63, 3.8) is 0 Å². The lowest BCUT2D eigenvalue weighted by atomic mass is 10.3. The van der Waals surface area contributed by atoms with Crippen molar-refractivity contribution in [2.45, 2.75) is 25.3 Å². The molecule has 1 aromatic carbocycles. The van der Waals surface area contributed by atoms with Crippen LogP contribution in [0.4, 0.5) is 18.9 Å². The Kier molecular flexibility index (Phi) is 5.30. The zero-order valence-corrected chi connectivity index (χ0v) is 11.4. The van der Waals surface area contributed by atoms with Gasteiger partial charge in [-0.05, 0) is 30.9 Å². The van der Waals surface area contributed by atoms with Crippen molar-refractivity contribution in [1.82, 2.24) is 0 Å². The average Bonchev–Trinajstić information content (AvgIpc) is 3.19. The van der Waals surface area contributed by atoms with E-state index in [1.54, 1.807) is 6.07 Å². The van der Waals surface area contributed by atoms with Crippen LogP contribution in [0.15, 0.2) is 24.3 Å². The number of benzene rings is 1. The molecule has 4 nitrogen and oxygen atoms in total. The van der Waals surface area contributed by atoms with Gasteiger partial charge < -0.3 is 19.9 Å². The van der Waals surface area contributed by atoms with E-state index in [4.69, 9.17) is 4.74 Å². The first-order chi connectivity index (χ1) is 9.92. The highest BCUT2D eigenvalue weighted by Gasteiger charge is 2.31. The van der Waals surface area contributed by atoms with Crippen LogP contribution in [0.25, 0.3) is 0 Å². The predicted octanol–water partition coefficient (Wildman–Crippen LogP) is 2.78. The minimum Gasteiger partial charge on any atom is -0.406 e. The zero-order chi connectivity index (χ0) is 15.3. The monoisotopic (exact) mass is 305 g/mol. The van der Waals surface area contributed by atoms with Gasteiger partial charge >= 0.3 is 6.36 Å². The molecule has 1 fully saturated rings. The van der Waals surface area contributed by atoms with Gasteiger partial charge in [0.1, 0.15) is 5.75 Å². The van der Waals surface area contributed by atoms with Gasteiger partial charge in [-0.3, -0.25) is 0 Å². The minimum absolute atomic E-state index is 0.195. The van der Waals surface area contributed by atoms with E-state index < -0.39 is 12.5 Å². The fraction of sp³-hybridized carbons (Fsp3) is 0.571. The number of nitrogens with one attached hydrogen (secondary N) is 1. The van der Waals surface area contributed by atoms with E-state index in [1.165, 1.54) is 31.0 Å². The fourth-order valence-corrected chi connectivity index (χ4v) is 1.75. The minimum atomic E-state index is -4.71. The summed E-state index contributed by atoms with van der Waals surface area (Å²) >= 11 is 0. The number of aliphatic hydroxyl groups is 1. The number of hydrogen-bond donors (Lipinski definition) is 2. The number of alkyl halides is 3. The molecule has 0 heterocycles. The molecule has 0 aromatic heterocycles. The molecule has 0 amide bonds. The van der Waals surface area contributed by atoms with Crippen molar-refractivity contribution < 1.29 is 27.8 Å². The molecule has 21 heavy (non-hydrogen) atoms. The van der Waals surface area contributed by atoms with Gasteiger partial charge in [0.2, 0.25) is 0 Å². The standard InChI is InChI=1S/C14H18F3NO3/c15-14(16,17)21-13-3-1-2-11(6-13)18-7-12(19)9-20-8-10-4-5-10/h1-3,6,10,12,18-19H,4-5,7-9H2. The lowest BCUT2D eigenvalue weighted by Crippen LogP contribution is -2.25. The van der Waals surface area contributed by atoms with Crippen molar-refractivity contribution in [2.75, 3.05) is 25.1 Å². The largest absolute Gasteiger partial charge is 0.573 e. The van der Waals surface area contributed by atoms with Crippen LogP contribution in [0, 0.1) is 5.92 Å². The first kappa shape index (κ1) is 15.9. The Morgan fingerprint density at radius 1 is 1.33 bits per heavy atom. The maximum Gasteiger partial charge on any atom is 0.573 e. The van der Waals surface area contributed by atoms with Crippen LogP contribution in [0.1, 0.15) is 12.8 Å². The Labute approximate surface area is 120 Å². The molecule has 2 rings (SSSR count). The van der Waals surface area contributed by atoms with Crippen molar-refractivity contribution in [3.05, 3.63) is 24.3 Å². The molecule has 0 radical (unpaired) electrons. The third-order valence-corrected chi connectivity index (χ3v) is 2.97. The Balaban J connectivity index is 1.72. The highest BCUT2D eigenvalue weighted by atomic mass is 19.4. The molecule has 0 bridgehead atoms. The topological polar surface area (TPSA) is 50.7 Å². The number of aliphatic hydroxyl groups excluding tert-OH is 1. The van der Waals surface area contributed by atoms with Gasteiger partial charge in [-0.2, -0.15) is 0 Å². The number of anilines is 1.